The van der Waals surface area contributed by atoms with Gasteiger partial charge < -0.3 is 20.4 Å². The fourth-order valence-corrected chi connectivity index (χ4v) is 2.02. The number of urea groups is 1. The molecular formula is C12H22N2O4. The number of carbonyl (C=O) groups excluding carboxylic acids is 1. The van der Waals surface area contributed by atoms with Gasteiger partial charge in [0.2, 0.25) is 0 Å². The van der Waals surface area contributed by atoms with Crippen LogP contribution in [0.2, 0.25) is 0 Å². The minimum atomic E-state index is -0.922. The van der Waals surface area contributed by atoms with Gasteiger partial charge in [-0.1, -0.05) is 0 Å². The molecule has 3 N–H and O–H groups in total. The highest BCUT2D eigenvalue weighted by Gasteiger charge is 2.26. The first-order chi connectivity index (χ1) is 8.45. The van der Waals surface area contributed by atoms with Crippen molar-refractivity contribution in [3.8, 4) is 0 Å². The van der Waals surface area contributed by atoms with E-state index in [2.05, 4.69) is 5.32 Å². The van der Waals surface area contributed by atoms with E-state index in [1.807, 2.05) is 0 Å². The van der Waals surface area contributed by atoms with Crippen LogP contribution < -0.4 is 5.32 Å². The molecule has 0 saturated carbocycles. The molecule has 18 heavy (non-hydrogen) atoms. The van der Waals surface area contributed by atoms with Crippen molar-refractivity contribution in [2.45, 2.75) is 32.7 Å². The summed E-state index contributed by atoms with van der Waals surface area (Å²) >= 11 is 0. The number of nitrogens with one attached hydrogen (secondary N) is 1. The number of rotatable bonds is 4. The van der Waals surface area contributed by atoms with Crippen molar-refractivity contribution in [2.24, 2.45) is 11.8 Å². The average molecular weight is 258 g/mol. The Kier molecular flexibility index (Phi) is 5.40. The zero-order valence-corrected chi connectivity index (χ0v) is 10.9. The van der Waals surface area contributed by atoms with E-state index in [1.54, 1.807) is 18.7 Å². The second-order valence-corrected chi connectivity index (χ2v) is 5.00. The van der Waals surface area contributed by atoms with E-state index in [9.17, 15) is 9.59 Å². The molecule has 104 valence electrons. The number of carboxylic acids is 1. The molecule has 3 unspecified atom stereocenters. The number of aliphatic hydroxyl groups is 1. The number of carbonyl (C=O) groups is 2. The Bertz CT molecular complexity index is 308. The van der Waals surface area contributed by atoms with E-state index in [4.69, 9.17) is 10.2 Å². The minimum Gasteiger partial charge on any atom is -0.481 e. The molecule has 0 radical (unpaired) electrons. The van der Waals surface area contributed by atoms with E-state index in [-0.39, 0.29) is 18.6 Å². The highest BCUT2D eigenvalue weighted by atomic mass is 16.4. The van der Waals surface area contributed by atoms with Gasteiger partial charge in [-0.25, -0.2) is 4.79 Å². The SMILES string of the molecule is CC(NC(=O)N1CCCC(CO)C1)C(C)C(=O)O. The average Bonchev–Trinajstić information content (AvgIpc) is 2.37. The number of nitrogens with zero attached hydrogens (tertiary/aromatic N) is 1. The molecule has 6 nitrogen and oxygen atoms in total. The predicted octanol–water partition coefficient (Wildman–Crippen LogP) is 0.509. The molecule has 0 aromatic heterocycles. The monoisotopic (exact) mass is 258 g/mol. The van der Waals surface area contributed by atoms with Crippen LogP contribution in [0.4, 0.5) is 4.79 Å². The molecule has 2 amide bonds. The lowest BCUT2D eigenvalue weighted by molar-refractivity contribution is -0.141. The molecular weight excluding hydrogens is 236 g/mol. The zero-order valence-electron chi connectivity index (χ0n) is 10.9. The Balaban J connectivity index is 2.47. The van der Waals surface area contributed by atoms with Gasteiger partial charge in [-0.15, -0.1) is 0 Å². The Morgan fingerprint density at radius 2 is 2.11 bits per heavy atom. The van der Waals surface area contributed by atoms with E-state index in [1.165, 1.54) is 0 Å². The largest absolute Gasteiger partial charge is 0.481 e. The van der Waals surface area contributed by atoms with Crippen LogP contribution in [0.3, 0.4) is 0 Å². The molecule has 1 fully saturated rings. The van der Waals surface area contributed by atoms with Crippen LogP contribution in [0.25, 0.3) is 0 Å². The number of carboxylic acid groups (broad SMARTS) is 1. The summed E-state index contributed by atoms with van der Waals surface area (Å²) in [6, 6.07) is -0.654. The van der Waals surface area contributed by atoms with Gasteiger partial charge in [0.25, 0.3) is 0 Å². The highest BCUT2D eigenvalue weighted by molar-refractivity contribution is 5.76. The summed E-state index contributed by atoms with van der Waals surface area (Å²) < 4.78 is 0. The smallest absolute Gasteiger partial charge is 0.317 e. The highest BCUT2D eigenvalue weighted by Crippen LogP contribution is 2.16. The molecule has 0 aromatic rings. The second-order valence-electron chi connectivity index (χ2n) is 5.00. The molecule has 1 aliphatic rings. The van der Waals surface area contributed by atoms with Crippen molar-refractivity contribution in [1.82, 2.24) is 10.2 Å². The molecule has 1 saturated heterocycles. The van der Waals surface area contributed by atoms with Crippen molar-refractivity contribution in [3.05, 3.63) is 0 Å². The Labute approximate surface area is 107 Å². The quantitative estimate of drug-likeness (QED) is 0.685. The van der Waals surface area contributed by atoms with E-state index in [0.717, 1.165) is 12.8 Å². The number of amides is 2. The normalized spacial score (nSPS) is 23.3. The Hall–Kier alpha value is -1.30. The molecule has 1 aliphatic heterocycles. The third-order valence-corrected chi connectivity index (χ3v) is 3.56. The number of aliphatic carboxylic acids is 1. The summed E-state index contributed by atoms with van der Waals surface area (Å²) in [6.45, 7) is 4.54. The number of hydrogen-bond donors (Lipinski definition) is 3. The topological polar surface area (TPSA) is 89.9 Å². The fourth-order valence-electron chi connectivity index (χ4n) is 2.02. The van der Waals surface area contributed by atoms with Gasteiger partial charge in [-0.05, 0) is 32.6 Å². The number of piperidine rings is 1. The van der Waals surface area contributed by atoms with Crippen LogP contribution in [0, 0.1) is 11.8 Å². The number of aliphatic hydroxyl groups excluding tert-OH is 1. The molecule has 1 rings (SSSR count). The molecule has 0 spiro atoms. The Morgan fingerprint density at radius 3 is 2.67 bits per heavy atom. The summed E-state index contributed by atoms with van der Waals surface area (Å²) in [7, 11) is 0. The standard InChI is InChI=1S/C12H22N2O4/c1-8(11(16)17)9(2)13-12(18)14-5-3-4-10(6-14)7-15/h8-10,15H,3-7H2,1-2H3,(H,13,18)(H,16,17). The lowest BCUT2D eigenvalue weighted by Gasteiger charge is -2.33. The zero-order chi connectivity index (χ0) is 13.7. The van der Waals surface area contributed by atoms with Gasteiger partial charge in [0, 0.05) is 25.7 Å². The molecule has 0 aromatic carbocycles. The molecule has 0 aliphatic carbocycles. The third-order valence-electron chi connectivity index (χ3n) is 3.56. The van der Waals surface area contributed by atoms with Crippen LogP contribution in [0.1, 0.15) is 26.7 Å². The first kappa shape index (κ1) is 14.8. The summed E-state index contributed by atoms with van der Waals surface area (Å²) in [5.74, 6) is -1.40. The van der Waals surface area contributed by atoms with E-state index in [0.29, 0.717) is 13.1 Å². The van der Waals surface area contributed by atoms with Crippen LogP contribution in [-0.4, -0.2) is 52.9 Å². The van der Waals surface area contributed by atoms with Crippen LogP contribution in [-0.2, 0) is 4.79 Å². The van der Waals surface area contributed by atoms with E-state index < -0.39 is 17.9 Å². The van der Waals surface area contributed by atoms with Gasteiger partial charge in [-0.3, -0.25) is 4.79 Å². The summed E-state index contributed by atoms with van der Waals surface area (Å²) in [5, 5.41) is 20.7. The minimum absolute atomic E-state index is 0.0882. The van der Waals surface area contributed by atoms with Gasteiger partial charge in [-0.2, -0.15) is 0 Å². The molecule has 3 atom stereocenters. The molecule has 1 heterocycles. The maximum absolute atomic E-state index is 11.9. The summed E-state index contributed by atoms with van der Waals surface area (Å²) in [5.41, 5.74) is 0. The van der Waals surface area contributed by atoms with Gasteiger partial charge in [0.15, 0.2) is 0 Å². The Morgan fingerprint density at radius 1 is 1.44 bits per heavy atom. The van der Waals surface area contributed by atoms with Crippen molar-refractivity contribution in [2.75, 3.05) is 19.7 Å². The lowest BCUT2D eigenvalue weighted by Crippen LogP contribution is -2.50. The fraction of sp³-hybridized carbons (Fsp3) is 0.833. The van der Waals surface area contributed by atoms with Crippen LogP contribution >= 0.6 is 0 Å². The van der Waals surface area contributed by atoms with Crippen molar-refractivity contribution < 1.29 is 19.8 Å². The molecule has 6 heteroatoms. The first-order valence-electron chi connectivity index (χ1n) is 6.34. The van der Waals surface area contributed by atoms with Crippen LogP contribution in [0.5, 0.6) is 0 Å². The van der Waals surface area contributed by atoms with Crippen molar-refractivity contribution in [3.63, 3.8) is 0 Å². The first-order valence-corrected chi connectivity index (χ1v) is 6.34. The number of hydrogen-bond acceptors (Lipinski definition) is 3. The maximum atomic E-state index is 11.9. The predicted molar refractivity (Wildman–Crippen MR) is 66.2 cm³/mol. The van der Waals surface area contributed by atoms with Gasteiger partial charge in [0.05, 0.1) is 5.92 Å². The van der Waals surface area contributed by atoms with Gasteiger partial charge in [0.1, 0.15) is 0 Å². The lowest BCUT2D eigenvalue weighted by atomic mass is 9.99. The van der Waals surface area contributed by atoms with E-state index >= 15 is 0 Å². The number of likely N-dealkylation sites (tertiary alicyclic amines) is 1. The molecule has 0 bridgehead atoms. The van der Waals surface area contributed by atoms with Crippen LogP contribution in [0.15, 0.2) is 0 Å². The van der Waals surface area contributed by atoms with Crippen molar-refractivity contribution >= 4 is 12.0 Å². The second kappa shape index (κ2) is 6.58. The summed E-state index contributed by atoms with van der Waals surface area (Å²) in [4.78, 5) is 24.4. The maximum Gasteiger partial charge on any atom is 0.317 e. The third kappa shape index (κ3) is 3.87. The summed E-state index contributed by atoms with van der Waals surface area (Å²) in [6.07, 6.45) is 1.81. The van der Waals surface area contributed by atoms with Crippen molar-refractivity contribution in [1.29, 1.82) is 0 Å². The van der Waals surface area contributed by atoms with Gasteiger partial charge >= 0.3 is 12.0 Å².